The van der Waals surface area contributed by atoms with E-state index in [0.717, 1.165) is 11.8 Å². The molecule has 1 nitrogen and oxygen atoms in total. The minimum atomic E-state index is 0.775. The predicted molar refractivity (Wildman–Crippen MR) is 61.8 cm³/mol. The second-order valence-corrected chi connectivity index (χ2v) is 5.70. The molecule has 1 heterocycles. The molecule has 0 N–H and O–H groups in total. The van der Waals surface area contributed by atoms with Crippen LogP contribution in [0.3, 0.4) is 0 Å². The van der Waals surface area contributed by atoms with Crippen molar-refractivity contribution >= 4 is 11.3 Å². The molecule has 78 valence electrons. The largest absolute Gasteiger partial charge is 0.249 e. The molecule has 1 saturated carbocycles. The average molecular weight is 209 g/mol. The third-order valence-electron chi connectivity index (χ3n) is 3.41. The zero-order valence-corrected chi connectivity index (χ0v) is 9.94. The maximum atomic E-state index is 4.51. The van der Waals surface area contributed by atoms with Crippen LogP contribution in [0.15, 0.2) is 6.20 Å². The fourth-order valence-electron chi connectivity index (χ4n) is 2.38. The van der Waals surface area contributed by atoms with Gasteiger partial charge < -0.3 is 0 Å². The Balaban J connectivity index is 1.95. The van der Waals surface area contributed by atoms with Crippen molar-refractivity contribution in [1.29, 1.82) is 0 Å². The molecule has 2 heteroatoms. The lowest BCUT2D eigenvalue weighted by Crippen LogP contribution is -2.12. The standard InChI is InChI=1S/C12H19NS/c1-3-10-4-6-11(7-5-10)12-13-8-9(2)14-12/h8,10-11H,3-7H2,1-2H3/t10-,11-. The summed E-state index contributed by atoms with van der Waals surface area (Å²) in [6, 6.07) is 0. The molecule has 0 aromatic carbocycles. The summed E-state index contributed by atoms with van der Waals surface area (Å²) in [4.78, 5) is 5.87. The molecule has 1 aliphatic carbocycles. The van der Waals surface area contributed by atoms with Crippen LogP contribution in [-0.2, 0) is 0 Å². The van der Waals surface area contributed by atoms with E-state index in [4.69, 9.17) is 0 Å². The summed E-state index contributed by atoms with van der Waals surface area (Å²) in [5, 5.41) is 1.39. The van der Waals surface area contributed by atoms with Gasteiger partial charge in [0, 0.05) is 17.0 Å². The summed E-state index contributed by atoms with van der Waals surface area (Å²) in [7, 11) is 0. The predicted octanol–water partition coefficient (Wildman–Crippen LogP) is 4.14. The Kier molecular flexibility index (Phi) is 3.22. The van der Waals surface area contributed by atoms with Gasteiger partial charge in [0.2, 0.25) is 0 Å². The highest BCUT2D eigenvalue weighted by Gasteiger charge is 2.22. The van der Waals surface area contributed by atoms with Crippen molar-refractivity contribution in [2.75, 3.05) is 0 Å². The van der Waals surface area contributed by atoms with Crippen LogP contribution in [-0.4, -0.2) is 4.98 Å². The lowest BCUT2D eigenvalue weighted by molar-refractivity contribution is 0.318. The van der Waals surface area contributed by atoms with Crippen LogP contribution >= 0.6 is 11.3 Å². The van der Waals surface area contributed by atoms with E-state index in [1.54, 1.807) is 0 Å². The van der Waals surface area contributed by atoms with E-state index < -0.39 is 0 Å². The molecule has 0 atom stereocenters. The minimum absolute atomic E-state index is 0.775. The summed E-state index contributed by atoms with van der Waals surface area (Å²) in [5.74, 6) is 1.77. The van der Waals surface area contributed by atoms with Crippen molar-refractivity contribution in [1.82, 2.24) is 4.98 Å². The highest BCUT2D eigenvalue weighted by Crippen LogP contribution is 2.38. The molecule has 0 radical (unpaired) electrons. The lowest BCUT2D eigenvalue weighted by Gasteiger charge is -2.26. The van der Waals surface area contributed by atoms with Gasteiger partial charge in [0.25, 0.3) is 0 Å². The quantitative estimate of drug-likeness (QED) is 0.713. The van der Waals surface area contributed by atoms with Crippen molar-refractivity contribution in [2.24, 2.45) is 5.92 Å². The van der Waals surface area contributed by atoms with Crippen molar-refractivity contribution < 1.29 is 0 Å². The van der Waals surface area contributed by atoms with E-state index in [9.17, 15) is 0 Å². The maximum absolute atomic E-state index is 4.51. The maximum Gasteiger partial charge on any atom is 0.0958 e. The Morgan fingerprint density at radius 3 is 2.57 bits per heavy atom. The SMILES string of the molecule is CC[C@H]1CC[C@H](c2ncc(C)s2)CC1. The van der Waals surface area contributed by atoms with Crippen molar-refractivity contribution in [2.45, 2.75) is 51.9 Å². The molecule has 1 aromatic heterocycles. The van der Waals surface area contributed by atoms with Gasteiger partial charge in [0.15, 0.2) is 0 Å². The van der Waals surface area contributed by atoms with E-state index in [1.165, 1.54) is 42.0 Å². The van der Waals surface area contributed by atoms with E-state index in [2.05, 4.69) is 18.8 Å². The van der Waals surface area contributed by atoms with Crippen molar-refractivity contribution in [3.8, 4) is 0 Å². The Morgan fingerprint density at radius 2 is 2.07 bits per heavy atom. The first kappa shape index (κ1) is 10.2. The van der Waals surface area contributed by atoms with Crippen LogP contribution in [0.25, 0.3) is 0 Å². The first-order chi connectivity index (χ1) is 6.79. The van der Waals surface area contributed by atoms with Crippen LogP contribution < -0.4 is 0 Å². The topological polar surface area (TPSA) is 12.9 Å². The van der Waals surface area contributed by atoms with Crippen LogP contribution in [0.2, 0.25) is 0 Å². The van der Waals surface area contributed by atoms with Crippen LogP contribution in [0.5, 0.6) is 0 Å². The van der Waals surface area contributed by atoms with Gasteiger partial charge in [0.05, 0.1) is 5.01 Å². The van der Waals surface area contributed by atoms with Gasteiger partial charge in [0.1, 0.15) is 0 Å². The molecule has 14 heavy (non-hydrogen) atoms. The molecular weight excluding hydrogens is 190 g/mol. The lowest BCUT2D eigenvalue weighted by atomic mass is 9.81. The molecule has 0 bridgehead atoms. The van der Waals surface area contributed by atoms with Gasteiger partial charge in [-0.3, -0.25) is 0 Å². The molecule has 0 saturated heterocycles. The molecule has 2 rings (SSSR count). The molecule has 1 fully saturated rings. The van der Waals surface area contributed by atoms with Crippen LogP contribution in [0.1, 0.15) is 54.8 Å². The summed E-state index contributed by atoms with van der Waals surface area (Å²) in [5.41, 5.74) is 0. The first-order valence-corrected chi connectivity index (χ1v) is 6.53. The number of thiazole rings is 1. The summed E-state index contributed by atoms with van der Waals surface area (Å²) in [6.45, 7) is 4.47. The average Bonchev–Trinajstić information content (AvgIpc) is 2.65. The van der Waals surface area contributed by atoms with E-state index >= 15 is 0 Å². The minimum Gasteiger partial charge on any atom is -0.249 e. The fourth-order valence-corrected chi connectivity index (χ4v) is 3.32. The van der Waals surface area contributed by atoms with Gasteiger partial charge in [-0.05, 0) is 38.5 Å². The zero-order chi connectivity index (χ0) is 9.97. The highest BCUT2D eigenvalue weighted by molar-refractivity contribution is 7.11. The third-order valence-corrected chi connectivity index (χ3v) is 4.49. The molecule has 1 aromatic rings. The molecule has 0 spiro atoms. The normalized spacial score (nSPS) is 27.9. The Morgan fingerprint density at radius 1 is 1.36 bits per heavy atom. The Labute approximate surface area is 90.6 Å². The van der Waals surface area contributed by atoms with Crippen molar-refractivity contribution in [3.05, 3.63) is 16.1 Å². The molecule has 0 amide bonds. The first-order valence-electron chi connectivity index (χ1n) is 5.72. The molecular formula is C12H19NS. The molecule has 0 aliphatic heterocycles. The smallest absolute Gasteiger partial charge is 0.0958 e. The van der Waals surface area contributed by atoms with Gasteiger partial charge in [-0.2, -0.15) is 0 Å². The van der Waals surface area contributed by atoms with E-state index in [-0.39, 0.29) is 0 Å². The fraction of sp³-hybridized carbons (Fsp3) is 0.750. The van der Waals surface area contributed by atoms with Crippen LogP contribution in [0.4, 0.5) is 0 Å². The van der Waals surface area contributed by atoms with Crippen molar-refractivity contribution in [3.63, 3.8) is 0 Å². The number of aryl methyl sites for hydroxylation is 1. The number of hydrogen-bond donors (Lipinski definition) is 0. The summed E-state index contributed by atoms with van der Waals surface area (Å²) in [6.07, 6.45) is 8.95. The van der Waals surface area contributed by atoms with Gasteiger partial charge >= 0.3 is 0 Å². The highest BCUT2D eigenvalue weighted by atomic mass is 32.1. The Hall–Kier alpha value is -0.370. The monoisotopic (exact) mass is 209 g/mol. The van der Waals surface area contributed by atoms with E-state index in [1.807, 2.05) is 17.5 Å². The number of nitrogens with zero attached hydrogens (tertiary/aromatic N) is 1. The van der Waals surface area contributed by atoms with Crippen LogP contribution in [0, 0.1) is 12.8 Å². The third kappa shape index (κ3) is 2.17. The molecule has 1 aliphatic rings. The molecule has 0 unspecified atom stereocenters. The number of aromatic nitrogens is 1. The van der Waals surface area contributed by atoms with E-state index in [0.29, 0.717) is 0 Å². The van der Waals surface area contributed by atoms with Gasteiger partial charge in [-0.25, -0.2) is 4.98 Å². The number of hydrogen-bond acceptors (Lipinski definition) is 2. The Bertz CT molecular complexity index is 284. The van der Waals surface area contributed by atoms with Gasteiger partial charge in [-0.15, -0.1) is 11.3 Å². The van der Waals surface area contributed by atoms with Gasteiger partial charge in [-0.1, -0.05) is 13.3 Å². The second kappa shape index (κ2) is 4.43. The second-order valence-electron chi connectivity index (χ2n) is 4.44. The summed E-state index contributed by atoms with van der Waals surface area (Å²) >= 11 is 1.89. The number of rotatable bonds is 2. The zero-order valence-electron chi connectivity index (χ0n) is 9.12. The summed E-state index contributed by atoms with van der Waals surface area (Å²) < 4.78 is 0.